The highest BCUT2D eigenvalue weighted by Crippen LogP contribution is 2.33. The van der Waals surface area contributed by atoms with E-state index in [1.807, 2.05) is 0 Å². The van der Waals surface area contributed by atoms with E-state index in [9.17, 15) is 4.79 Å². The zero-order valence-electron chi connectivity index (χ0n) is 13.8. The van der Waals surface area contributed by atoms with Crippen molar-refractivity contribution >= 4 is 18.3 Å². The molecule has 0 radical (unpaired) electrons. The largest absolute Gasteiger partial charge is 0.496 e. The summed E-state index contributed by atoms with van der Waals surface area (Å²) in [5, 5.41) is 6.19. The molecule has 7 heteroatoms. The molecular formula is C16H25ClN2O4. The highest BCUT2D eigenvalue weighted by molar-refractivity contribution is 5.85. The van der Waals surface area contributed by atoms with Gasteiger partial charge in [0.2, 0.25) is 5.91 Å². The minimum atomic E-state index is -0.107. The molecule has 1 aromatic rings. The molecule has 1 fully saturated rings. The van der Waals surface area contributed by atoms with Gasteiger partial charge in [-0.2, -0.15) is 0 Å². The predicted molar refractivity (Wildman–Crippen MR) is 90.8 cm³/mol. The van der Waals surface area contributed by atoms with E-state index in [0.29, 0.717) is 23.8 Å². The van der Waals surface area contributed by atoms with Crippen LogP contribution in [0.1, 0.15) is 24.8 Å². The molecular weight excluding hydrogens is 320 g/mol. The van der Waals surface area contributed by atoms with Gasteiger partial charge in [-0.15, -0.1) is 12.4 Å². The van der Waals surface area contributed by atoms with Crippen LogP contribution in [0.15, 0.2) is 12.1 Å². The molecule has 0 saturated carbocycles. The lowest BCUT2D eigenvalue weighted by Gasteiger charge is -2.23. The molecule has 1 atom stereocenters. The SMILES string of the molecule is COc1cc(OC)c(CNC(=O)C2CCCCN2)c(OC)c1.Cl. The summed E-state index contributed by atoms with van der Waals surface area (Å²) in [6.07, 6.45) is 3.09. The molecule has 2 N–H and O–H groups in total. The van der Waals surface area contributed by atoms with Gasteiger partial charge >= 0.3 is 0 Å². The van der Waals surface area contributed by atoms with E-state index >= 15 is 0 Å². The van der Waals surface area contributed by atoms with Gasteiger partial charge in [0.25, 0.3) is 0 Å². The number of hydrogen-bond donors (Lipinski definition) is 2. The highest BCUT2D eigenvalue weighted by atomic mass is 35.5. The van der Waals surface area contributed by atoms with Crippen molar-refractivity contribution in [2.24, 2.45) is 0 Å². The molecule has 0 aromatic heterocycles. The molecule has 1 unspecified atom stereocenters. The second kappa shape index (κ2) is 9.47. The summed E-state index contributed by atoms with van der Waals surface area (Å²) in [5.74, 6) is 1.93. The van der Waals surface area contributed by atoms with Crippen LogP contribution in [-0.2, 0) is 11.3 Å². The van der Waals surface area contributed by atoms with Crippen molar-refractivity contribution in [3.05, 3.63) is 17.7 Å². The number of ether oxygens (including phenoxy) is 3. The Kier molecular flexibility index (Phi) is 7.98. The van der Waals surface area contributed by atoms with Crippen molar-refractivity contribution in [1.82, 2.24) is 10.6 Å². The van der Waals surface area contributed by atoms with Crippen LogP contribution in [0.2, 0.25) is 0 Å². The van der Waals surface area contributed by atoms with Crippen molar-refractivity contribution in [1.29, 1.82) is 0 Å². The van der Waals surface area contributed by atoms with Crippen LogP contribution in [0.5, 0.6) is 17.2 Å². The topological polar surface area (TPSA) is 68.8 Å². The molecule has 1 heterocycles. The first kappa shape index (κ1) is 19.4. The maximum Gasteiger partial charge on any atom is 0.237 e. The first-order chi connectivity index (χ1) is 10.7. The Labute approximate surface area is 143 Å². The first-order valence-corrected chi connectivity index (χ1v) is 7.49. The summed E-state index contributed by atoms with van der Waals surface area (Å²) in [6.45, 7) is 1.25. The van der Waals surface area contributed by atoms with E-state index in [0.717, 1.165) is 31.4 Å². The number of hydrogen-bond acceptors (Lipinski definition) is 5. The van der Waals surface area contributed by atoms with Crippen molar-refractivity contribution < 1.29 is 19.0 Å². The molecule has 1 amide bonds. The van der Waals surface area contributed by atoms with Gasteiger partial charge < -0.3 is 24.8 Å². The number of amides is 1. The second-order valence-corrected chi connectivity index (χ2v) is 5.23. The van der Waals surface area contributed by atoms with E-state index < -0.39 is 0 Å². The average Bonchev–Trinajstić information content (AvgIpc) is 2.59. The van der Waals surface area contributed by atoms with Crippen molar-refractivity contribution in [3.63, 3.8) is 0 Å². The van der Waals surface area contributed by atoms with Crippen LogP contribution >= 0.6 is 12.4 Å². The molecule has 1 saturated heterocycles. The lowest BCUT2D eigenvalue weighted by molar-refractivity contribution is -0.123. The van der Waals surface area contributed by atoms with Gasteiger partial charge in [-0.1, -0.05) is 6.42 Å². The lowest BCUT2D eigenvalue weighted by atomic mass is 10.0. The summed E-state index contributed by atoms with van der Waals surface area (Å²) < 4.78 is 16.0. The molecule has 0 aliphatic carbocycles. The monoisotopic (exact) mass is 344 g/mol. The molecule has 1 aromatic carbocycles. The Balaban J connectivity index is 0.00000264. The predicted octanol–water partition coefficient (Wildman–Crippen LogP) is 1.89. The third kappa shape index (κ3) is 4.91. The summed E-state index contributed by atoms with van der Waals surface area (Å²) >= 11 is 0. The summed E-state index contributed by atoms with van der Waals surface area (Å²) in [5.41, 5.74) is 0.801. The molecule has 2 rings (SSSR count). The van der Waals surface area contributed by atoms with Gasteiger partial charge in [0.05, 0.1) is 39.5 Å². The van der Waals surface area contributed by atoms with Gasteiger partial charge in [0.1, 0.15) is 17.2 Å². The molecule has 1 aliphatic rings. The number of carbonyl (C=O) groups excluding carboxylic acids is 1. The van der Waals surface area contributed by atoms with Crippen LogP contribution in [0.4, 0.5) is 0 Å². The molecule has 1 aliphatic heterocycles. The Bertz CT molecular complexity index is 494. The van der Waals surface area contributed by atoms with Crippen molar-refractivity contribution in [2.45, 2.75) is 31.8 Å². The fraction of sp³-hybridized carbons (Fsp3) is 0.562. The number of halogens is 1. The van der Waals surface area contributed by atoms with Crippen LogP contribution in [0.3, 0.4) is 0 Å². The normalized spacial score (nSPS) is 16.9. The maximum absolute atomic E-state index is 12.2. The lowest BCUT2D eigenvalue weighted by Crippen LogP contribution is -2.46. The number of methoxy groups -OCH3 is 3. The number of carbonyl (C=O) groups is 1. The zero-order chi connectivity index (χ0) is 15.9. The van der Waals surface area contributed by atoms with Crippen LogP contribution in [-0.4, -0.2) is 39.8 Å². The molecule has 23 heavy (non-hydrogen) atoms. The van der Waals surface area contributed by atoms with Gasteiger partial charge in [-0.3, -0.25) is 4.79 Å². The molecule has 0 spiro atoms. The van der Waals surface area contributed by atoms with Crippen LogP contribution < -0.4 is 24.8 Å². The van der Waals surface area contributed by atoms with E-state index in [2.05, 4.69) is 10.6 Å². The summed E-state index contributed by atoms with van der Waals surface area (Å²) in [4.78, 5) is 12.2. The van der Waals surface area contributed by atoms with E-state index in [4.69, 9.17) is 14.2 Å². The Morgan fingerprint density at radius 1 is 1.17 bits per heavy atom. The first-order valence-electron chi connectivity index (χ1n) is 7.49. The Morgan fingerprint density at radius 2 is 1.83 bits per heavy atom. The van der Waals surface area contributed by atoms with Crippen molar-refractivity contribution in [3.8, 4) is 17.2 Å². The van der Waals surface area contributed by atoms with E-state index in [1.54, 1.807) is 33.5 Å². The third-order valence-corrected chi connectivity index (χ3v) is 3.88. The fourth-order valence-corrected chi connectivity index (χ4v) is 2.63. The highest BCUT2D eigenvalue weighted by Gasteiger charge is 2.21. The van der Waals surface area contributed by atoms with Crippen molar-refractivity contribution in [2.75, 3.05) is 27.9 Å². The number of benzene rings is 1. The number of piperidine rings is 1. The van der Waals surface area contributed by atoms with Gasteiger partial charge in [0.15, 0.2) is 0 Å². The Hall–Kier alpha value is -1.66. The van der Waals surface area contributed by atoms with Crippen LogP contribution in [0.25, 0.3) is 0 Å². The van der Waals surface area contributed by atoms with Gasteiger partial charge in [0, 0.05) is 12.1 Å². The van der Waals surface area contributed by atoms with Crippen LogP contribution in [0, 0.1) is 0 Å². The Morgan fingerprint density at radius 3 is 2.30 bits per heavy atom. The molecule has 130 valence electrons. The minimum absolute atomic E-state index is 0. The summed E-state index contributed by atoms with van der Waals surface area (Å²) in [6, 6.07) is 3.45. The zero-order valence-corrected chi connectivity index (χ0v) is 14.6. The third-order valence-electron chi connectivity index (χ3n) is 3.88. The van der Waals surface area contributed by atoms with Gasteiger partial charge in [-0.25, -0.2) is 0 Å². The minimum Gasteiger partial charge on any atom is -0.496 e. The number of rotatable bonds is 6. The molecule has 0 bridgehead atoms. The summed E-state index contributed by atoms with van der Waals surface area (Å²) in [7, 11) is 4.76. The second-order valence-electron chi connectivity index (χ2n) is 5.23. The quantitative estimate of drug-likeness (QED) is 0.824. The standard InChI is InChI=1S/C16H24N2O4.ClH/c1-20-11-8-14(21-2)12(15(9-11)22-3)10-18-16(19)13-6-4-5-7-17-13;/h8-9,13,17H,4-7,10H2,1-3H3,(H,18,19);1H. The van der Waals surface area contributed by atoms with Gasteiger partial charge in [-0.05, 0) is 19.4 Å². The van der Waals surface area contributed by atoms with E-state index in [-0.39, 0.29) is 24.4 Å². The maximum atomic E-state index is 12.2. The number of nitrogens with one attached hydrogen (secondary N) is 2. The van der Waals surface area contributed by atoms with E-state index in [1.165, 1.54) is 0 Å². The molecule has 6 nitrogen and oxygen atoms in total. The fourth-order valence-electron chi connectivity index (χ4n) is 2.63. The average molecular weight is 345 g/mol. The smallest absolute Gasteiger partial charge is 0.237 e.